The number of anilines is 1. The van der Waals surface area contributed by atoms with Crippen molar-refractivity contribution in [2.75, 3.05) is 11.4 Å². The molecule has 2 aromatic carbocycles. The molecule has 2 atom stereocenters. The highest BCUT2D eigenvalue weighted by Gasteiger charge is 2.36. The second-order valence-corrected chi connectivity index (χ2v) is 7.59. The topological polar surface area (TPSA) is 49.4 Å². The lowest BCUT2D eigenvalue weighted by Gasteiger charge is -2.21. The summed E-state index contributed by atoms with van der Waals surface area (Å²) in [6, 6.07) is 23.3. The van der Waals surface area contributed by atoms with Gasteiger partial charge in [0, 0.05) is 23.5 Å². The minimum atomic E-state index is -0.344. The van der Waals surface area contributed by atoms with Crippen LogP contribution in [0.3, 0.4) is 0 Å². The molecule has 0 bridgehead atoms. The summed E-state index contributed by atoms with van der Waals surface area (Å²) in [4.78, 5) is 28.2. The van der Waals surface area contributed by atoms with E-state index in [1.165, 1.54) is 0 Å². The van der Waals surface area contributed by atoms with Crippen molar-refractivity contribution in [3.63, 3.8) is 0 Å². The highest BCUT2D eigenvalue weighted by atomic mass is 32.1. The fourth-order valence-corrected chi connectivity index (χ4v) is 4.22. The number of carbonyl (C=O) groups is 2. The zero-order chi connectivity index (χ0) is 18.6. The monoisotopic (exact) mass is 376 g/mol. The molecule has 4 nitrogen and oxygen atoms in total. The van der Waals surface area contributed by atoms with Gasteiger partial charge in [-0.1, -0.05) is 54.6 Å². The Morgan fingerprint density at radius 3 is 2.37 bits per heavy atom. The van der Waals surface area contributed by atoms with Gasteiger partial charge >= 0.3 is 0 Å². The number of para-hydroxylation sites is 1. The maximum Gasteiger partial charge on any atom is 0.227 e. The smallest absolute Gasteiger partial charge is 0.227 e. The van der Waals surface area contributed by atoms with Gasteiger partial charge in [0.2, 0.25) is 11.8 Å². The predicted molar refractivity (Wildman–Crippen MR) is 108 cm³/mol. The lowest BCUT2D eigenvalue weighted by atomic mass is 10.0. The fraction of sp³-hybridized carbons (Fsp3) is 0.182. The van der Waals surface area contributed by atoms with E-state index in [1.54, 1.807) is 16.2 Å². The molecule has 0 spiro atoms. The average molecular weight is 376 g/mol. The van der Waals surface area contributed by atoms with E-state index in [0.717, 1.165) is 16.1 Å². The Bertz CT molecular complexity index is 910. The zero-order valence-electron chi connectivity index (χ0n) is 14.7. The third kappa shape index (κ3) is 3.78. The molecule has 0 aliphatic carbocycles. The molecular weight excluding hydrogens is 356 g/mol. The van der Waals surface area contributed by atoms with Crippen LogP contribution in [0.5, 0.6) is 0 Å². The van der Waals surface area contributed by atoms with Gasteiger partial charge in [-0.2, -0.15) is 0 Å². The standard InChI is InChI=1S/C22H20N2O2S/c25-20-14-17(15-24(20)18-10-5-2-6-11-18)22(26)23-21(19-12-7-13-27-19)16-8-3-1-4-9-16/h1-13,17,21H,14-15H2,(H,23,26). The maximum atomic E-state index is 13.0. The molecule has 27 heavy (non-hydrogen) atoms. The summed E-state index contributed by atoms with van der Waals surface area (Å²) in [5.74, 6) is -0.429. The van der Waals surface area contributed by atoms with Crippen molar-refractivity contribution >= 4 is 28.8 Å². The third-order valence-electron chi connectivity index (χ3n) is 4.81. The molecule has 1 aliphatic heterocycles. The summed E-state index contributed by atoms with van der Waals surface area (Å²) in [7, 11) is 0. The minimum absolute atomic E-state index is 0.00580. The normalized spacial score (nSPS) is 17.7. The van der Waals surface area contributed by atoms with Crippen molar-refractivity contribution in [3.8, 4) is 0 Å². The van der Waals surface area contributed by atoms with E-state index in [1.807, 2.05) is 78.2 Å². The number of hydrogen-bond acceptors (Lipinski definition) is 3. The van der Waals surface area contributed by atoms with E-state index in [0.29, 0.717) is 6.54 Å². The predicted octanol–water partition coefficient (Wildman–Crippen LogP) is 4.01. The van der Waals surface area contributed by atoms with Crippen LogP contribution in [0.4, 0.5) is 5.69 Å². The van der Waals surface area contributed by atoms with E-state index < -0.39 is 0 Å². The Morgan fingerprint density at radius 1 is 1.00 bits per heavy atom. The lowest BCUT2D eigenvalue weighted by Crippen LogP contribution is -2.35. The van der Waals surface area contributed by atoms with Gasteiger partial charge in [0.15, 0.2) is 0 Å². The van der Waals surface area contributed by atoms with Crippen LogP contribution >= 0.6 is 11.3 Å². The number of rotatable bonds is 5. The zero-order valence-corrected chi connectivity index (χ0v) is 15.6. The van der Waals surface area contributed by atoms with Crippen LogP contribution < -0.4 is 10.2 Å². The largest absolute Gasteiger partial charge is 0.344 e. The number of benzene rings is 2. The first-order valence-electron chi connectivity index (χ1n) is 8.96. The number of amides is 2. The molecule has 1 N–H and O–H groups in total. The van der Waals surface area contributed by atoms with E-state index in [9.17, 15) is 9.59 Å². The molecule has 2 unspecified atom stereocenters. The summed E-state index contributed by atoms with van der Waals surface area (Å²) in [6.45, 7) is 0.417. The van der Waals surface area contributed by atoms with Crippen LogP contribution in [0.25, 0.3) is 0 Å². The SMILES string of the molecule is O=C(NC(c1ccccc1)c1cccs1)C1CC(=O)N(c2ccccc2)C1. The van der Waals surface area contributed by atoms with E-state index in [4.69, 9.17) is 0 Å². The van der Waals surface area contributed by atoms with Crippen LogP contribution in [0.1, 0.15) is 22.9 Å². The van der Waals surface area contributed by atoms with Crippen LogP contribution in [0.15, 0.2) is 78.2 Å². The highest BCUT2D eigenvalue weighted by molar-refractivity contribution is 7.10. The molecule has 2 amide bonds. The molecule has 1 fully saturated rings. The molecule has 136 valence electrons. The van der Waals surface area contributed by atoms with Crippen molar-refractivity contribution < 1.29 is 9.59 Å². The Labute approximate surface area is 162 Å². The summed E-state index contributed by atoms with van der Waals surface area (Å²) >= 11 is 1.62. The van der Waals surface area contributed by atoms with E-state index >= 15 is 0 Å². The second-order valence-electron chi connectivity index (χ2n) is 6.61. The number of thiophene rings is 1. The summed E-state index contributed by atoms with van der Waals surface area (Å²) in [6.07, 6.45) is 0.243. The molecule has 0 saturated carbocycles. The van der Waals surface area contributed by atoms with Crippen molar-refractivity contribution in [1.82, 2.24) is 5.32 Å². The first-order valence-corrected chi connectivity index (χ1v) is 9.84. The summed E-state index contributed by atoms with van der Waals surface area (Å²) in [5.41, 5.74) is 1.88. The molecule has 3 aromatic rings. The van der Waals surface area contributed by atoms with Crippen molar-refractivity contribution in [1.29, 1.82) is 0 Å². The Balaban J connectivity index is 1.51. The fourth-order valence-electron chi connectivity index (χ4n) is 3.42. The molecule has 1 aliphatic rings. The lowest BCUT2D eigenvalue weighted by molar-refractivity contribution is -0.126. The van der Waals surface area contributed by atoms with Gasteiger partial charge in [0.1, 0.15) is 0 Å². The van der Waals surface area contributed by atoms with E-state index in [-0.39, 0.29) is 30.2 Å². The number of nitrogens with zero attached hydrogens (tertiary/aromatic N) is 1. The molecule has 4 rings (SSSR count). The maximum absolute atomic E-state index is 13.0. The van der Waals surface area contributed by atoms with Gasteiger partial charge in [-0.05, 0) is 29.1 Å². The van der Waals surface area contributed by atoms with Crippen molar-refractivity contribution in [3.05, 3.63) is 88.6 Å². The van der Waals surface area contributed by atoms with E-state index in [2.05, 4.69) is 5.32 Å². The van der Waals surface area contributed by atoms with Crippen LogP contribution in [-0.4, -0.2) is 18.4 Å². The Morgan fingerprint density at radius 2 is 1.70 bits per heavy atom. The van der Waals surface area contributed by atoms with Gasteiger partial charge in [-0.15, -0.1) is 11.3 Å². The molecule has 1 aromatic heterocycles. The Hall–Kier alpha value is -2.92. The molecule has 1 saturated heterocycles. The van der Waals surface area contributed by atoms with Crippen LogP contribution in [0.2, 0.25) is 0 Å². The van der Waals surface area contributed by atoms with Gasteiger partial charge in [-0.3, -0.25) is 9.59 Å². The van der Waals surface area contributed by atoms with Crippen molar-refractivity contribution in [2.45, 2.75) is 12.5 Å². The van der Waals surface area contributed by atoms with Crippen molar-refractivity contribution in [2.24, 2.45) is 5.92 Å². The van der Waals surface area contributed by atoms with Crippen LogP contribution in [0, 0.1) is 5.92 Å². The van der Waals surface area contributed by atoms with Gasteiger partial charge in [-0.25, -0.2) is 0 Å². The quantitative estimate of drug-likeness (QED) is 0.731. The Kier molecular flexibility index (Phi) is 5.03. The molecule has 5 heteroatoms. The minimum Gasteiger partial charge on any atom is -0.344 e. The van der Waals surface area contributed by atoms with Gasteiger partial charge in [0.05, 0.1) is 12.0 Å². The first-order chi connectivity index (χ1) is 13.2. The number of carbonyl (C=O) groups excluding carboxylic acids is 2. The number of nitrogens with one attached hydrogen (secondary N) is 1. The summed E-state index contributed by atoms with van der Waals surface area (Å²) in [5, 5.41) is 5.17. The molecular formula is C22H20N2O2S. The average Bonchev–Trinajstić information content (AvgIpc) is 3.37. The van der Waals surface area contributed by atoms with Crippen LogP contribution in [-0.2, 0) is 9.59 Å². The third-order valence-corrected chi connectivity index (χ3v) is 5.75. The van der Waals surface area contributed by atoms with Gasteiger partial charge in [0.25, 0.3) is 0 Å². The first kappa shape index (κ1) is 17.5. The molecule has 0 radical (unpaired) electrons. The molecule has 2 heterocycles. The second kappa shape index (κ2) is 7.76. The highest BCUT2D eigenvalue weighted by Crippen LogP contribution is 2.29. The van der Waals surface area contributed by atoms with Gasteiger partial charge < -0.3 is 10.2 Å². The number of hydrogen-bond donors (Lipinski definition) is 1. The summed E-state index contributed by atoms with van der Waals surface area (Å²) < 4.78 is 0.